The molecule has 0 spiro atoms. The number of allylic oxidation sites excluding steroid dienone is 2. The Balaban J connectivity index is 3.46. The Kier molecular flexibility index (Phi) is 6.82. The molecule has 0 rings (SSSR count). The van der Waals surface area contributed by atoms with Gasteiger partial charge in [-0.25, -0.2) is 0 Å². The van der Waals surface area contributed by atoms with Crippen molar-refractivity contribution >= 4 is 0 Å². The van der Waals surface area contributed by atoms with Crippen LogP contribution in [0.15, 0.2) is 12.2 Å². The molecule has 0 saturated carbocycles. The van der Waals surface area contributed by atoms with E-state index in [1.165, 1.54) is 19.3 Å². The molecule has 0 aliphatic rings. The van der Waals surface area contributed by atoms with Crippen molar-refractivity contribution in [2.45, 2.75) is 39.5 Å². The molecule has 62 valence electrons. The number of hydrogen-bond acceptors (Lipinski definition) is 1. The summed E-state index contributed by atoms with van der Waals surface area (Å²) in [5.74, 6) is 0.145. The summed E-state index contributed by atoms with van der Waals surface area (Å²) in [6, 6.07) is 2.28. The summed E-state index contributed by atoms with van der Waals surface area (Å²) in [6.07, 6.45) is 8.62. The minimum absolute atomic E-state index is 0.145. The van der Waals surface area contributed by atoms with Crippen LogP contribution in [0.4, 0.5) is 0 Å². The second kappa shape index (κ2) is 7.34. The lowest BCUT2D eigenvalue weighted by molar-refractivity contribution is 0.617. The fourth-order valence-electron chi connectivity index (χ4n) is 1.05. The SMILES string of the molecule is CC=CC(C#N)CCCCC. The lowest BCUT2D eigenvalue weighted by Gasteiger charge is -2.00. The van der Waals surface area contributed by atoms with Gasteiger partial charge in [0.25, 0.3) is 0 Å². The molecule has 0 aromatic carbocycles. The Hall–Kier alpha value is -0.770. The molecule has 0 aliphatic heterocycles. The standard InChI is InChI=1S/C10H17N/c1-3-5-6-8-10(9-11)7-4-2/h4,7,10H,3,5-6,8H2,1-2H3. The van der Waals surface area contributed by atoms with Crippen LogP contribution >= 0.6 is 0 Å². The lowest BCUT2D eigenvalue weighted by atomic mass is 10.0. The predicted molar refractivity (Wildman–Crippen MR) is 48.1 cm³/mol. The summed E-state index contributed by atoms with van der Waals surface area (Å²) in [6.45, 7) is 4.14. The first kappa shape index (κ1) is 10.2. The van der Waals surface area contributed by atoms with Crippen LogP contribution in [-0.2, 0) is 0 Å². The molecule has 1 atom stereocenters. The van der Waals surface area contributed by atoms with E-state index >= 15 is 0 Å². The number of rotatable bonds is 5. The molecule has 0 fully saturated rings. The summed E-state index contributed by atoms with van der Waals surface area (Å²) in [5, 5.41) is 8.66. The largest absolute Gasteiger partial charge is 0.198 e. The average Bonchev–Trinajstić information content (AvgIpc) is 2.03. The second-order valence-corrected chi connectivity index (χ2v) is 2.76. The van der Waals surface area contributed by atoms with Gasteiger partial charge in [0.1, 0.15) is 0 Å². The Labute approximate surface area is 69.7 Å². The highest BCUT2D eigenvalue weighted by molar-refractivity contribution is 4.98. The third kappa shape index (κ3) is 5.66. The average molecular weight is 151 g/mol. The summed E-state index contributed by atoms with van der Waals surface area (Å²) >= 11 is 0. The van der Waals surface area contributed by atoms with E-state index in [-0.39, 0.29) is 5.92 Å². The molecule has 1 heteroatoms. The molecule has 0 aromatic rings. The first-order chi connectivity index (χ1) is 5.35. The Morgan fingerprint density at radius 2 is 2.18 bits per heavy atom. The van der Waals surface area contributed by atoms with Gasteiger partial charge in [-0.3, -0.25) is 0 Å². The maximum atomic E-state index is 8.66. The van der Waals surface area contributed by atoms with E-state index < -0.39 is 0 Å². The number of hydrogen-bond donors (Lipinski definition) is 0. The van der Waals surface area contributed by atoms with Crippen molar-refractivity contribution in [3.05, 3.63) is 12.2 Å². The highest BCUT2D eigenvalue weighted by Crippen LogP contribution is 2.09. The third-order valence-corrected chi connectivity index (χ3v) is 1.71. The molecule has 1 unspecified atom stereocenters. The Morgan fingerprint density at radius 1 is 1.45 bits per heavy atom. The van der Waals surface area contributed by atoms with Crippen molar-refractivity contribution in [1.29, 1.82) is 5.26 Å². The summed E-state index contributed by atoms with van der Waals surface area (Å²) < 4.78 is 0. The summed E-state index contributed by atoms with van der Waals surface area (Å²) in [4.78, 5) is 0. The number of nitriles is 1. The van der Waals surface area contributed by atoms with Crippen LogP contribution in [0.5, 0.6) is 0 Å². The zero-order valence-electron chi connectivity index (χ0n) is 7.51. The third-order valence-electron chi connectivity index (χ3n) is 1.71. The number of nitrogens with zero attached hydrogens (tertiary/aromatic N) is 1. The minimum Gasteiger partial charge on any atom is -0.198 e. The second-order valence-electron chi connectivity index (χ2n) is 2.76. The van der Waals surface area contributed by atoms with Crippen LogP contribution in [0.25, 0.3) is 0 Å². The van der Waals surface area contributed by atoms with E-state index in [4.69, 9.17) is 5.26 Å². The Bertz CT molecular complexity index is 141. The van der Waals surface area contributed by atoms with Gasteiger partial charge in [-0.1, -0.05) is 38.3 Å². The molecular weight excluding hydrogens is 134 g/mol. The van der Waals surface area contributed by atoms with E-state index in [1.54, 1.807) is 0 Å². The van der Waals surface area contributed by atoms with Gasteiger partial charge >= 0.3 is 0 Å². The van der Waals surface area contributed by atoms with Crippen LogP contribution in [0, 0.1) is 17.2 Å². The van der Waals surface area contributed by atoms with Crippen molar-refractivity contribution in [3.63, 3.8) is 0 Å². The van der Waals surface area contributed by atoms with Gasteiger partial charge in [-0.05, 0) is 13.3 Å². The quantitative estimate of drug-likeness (QED) is 0.437. The zero-order valence-corrected chi connectivity index (χ0v) is 7.51. The molecule has 0 amide bonds. The van der Waals surface area contributed by atoms with E-state index in [0.29, 0.717) is 0 Å². The van der Waals surface area contributed by atoms with Gasteiger partial charge in [-0.15, -0.1) is 0 Å². The van der Waals surface area contributed by atoms with Crippen LogP contribution in [-0.4, -0.2) is 0 Å². The van der Waals surface area contributed by atoms with Gasteiger partial charge in [0, 0.05) is 0 Å². The highest BCUT2D eigenvalue weighted by atomic mass is 14.3. The van der Waals surface area contributed by atoms with E-state index in [1.807, 2.05) is 19.1 Å². The molecule has 0 bridgehead atoms. The van der Waals surface area contributed by atoms with E-state index in [0.717, 1.165) is 6.42 Å². The van der Waals surface area contributed by atoms with Crippen molar-refractivity contribution in [3.8, 4) is 6.07 Å². The minimum atomic E-state index is 0.145. The monoisotopic (exact) mass is 151 g/mol. The molecule has 1 nitrogen and oxygen atoms in total. The van der Waals surface area contributed by atoms with Gasteiger partial charge in [-0.2, -0.15) is 5.26 Å². The molecule has 0 aromatic heterocycles. The van der Waals surface area contributed by atoms with E-state index in [9.17, 15) is 0 Å². The van der Waals surface area contributed by atoms with Crippen molar-refractivity contribution in [2.75, 3.05) is 0 Å². The molecule has 0 N–H and O–H groups in total. The highest BCUT2D eigenvalue weighted by Gasteiger charge is 1.99. The maximum Gasteiger partial charge on any atom is 0.0697 e. The normalized spacial score (nSPS) is 13.2. The molecular formula is C10H17N. The number of unbranched alkanes of at least 4 members (excludes halogenated alkanes) is 2. The van der Waals surface area contributed by atoms with Crippen molar-refractivity contribution in [1.82, 2.24) is 0 Å². The molecule has 0 heterocycles. The van der Waals surface area contributed by atoms with Gasteiger partial charge < -0.3 is 0 Å². The molecule has 11 heavy (non-hydrogen) atoms. The molecule has 0 saturated heterocycles. The van der Waals surface area contributed by atoms with Crippen molar-refractivity contribution < 1.29 is 0 Å². The van der Waals surface area contributed by atoms with Crippen molar-refractivity contribution in [2.24, 2.45) is 5.92 Å². The lowest BCUT2D eigenvalue weighted by Crippen LogP contribution is -1.91. The fourth-order valence-corrected chi connectivity index (χ4v) is 1.05. The zero-order chi connectivity index (χ0) is 8.53. The first-order valence-electron chi connectivity index (χ1n) is 4.37. The van der Waals surface area contributed by atoms with Gasteiger partial charge in [0.15, 0.2) is 0 Å². The van der Waals surface area contributed by atoms with E-state index in [2.05, 4.69) is 13.0 Å². The van der Waals surface area contributed by atoms with Crippen LogP contribution in [0.1, 0.15) is 39.5 Å². The van der Waals surface area contributed by atoms with Crippen LogP contribution in [0.2, 0.25) is 0 Å². The smallest absolute Gasteiger partial charge is 0.0697 e. The topological polar surface area (TPSA) is 23.8 Å². The predicted octanol–water partition coefficient (Wildman–Crippen LogP) is 3.28. The van der Waals surface area contributed by atoms with Crippen LogP contribution in [0.3, 0.4) is 0 Å². The Morgan fingerprint density at radius 3 is 2.64 bits per heavy atom. The molecule has 0 aliphatic carbocycles. The summed E-state index contributed by atoms with van der Waals surface area (Å²) in [7, 11) is 0. The van der Waals surface area contributed by atoms with Gasteiger partial charge in [0.2, 0.25) is 0 Å². The fraction of sp³-hybridized carbons (Fsp3) is 0.700. The summed E-state index contributed by atoms with van der Waals surface area (Å²) in [5.41, 5.74) is 0. The molecule has 0 radical (unpaired) electrons. The first-order valence-corrected chi connectivity index (χ1v) is 4.37. The van der Waals surface area contributed by atoms with Gasteiger partial charge in [0.05, 0.1) is 12.0 Å². The maximum absolute atomic E-state index is 8.66. The van der Waals surface area contributed by atoms with Crippen LogP contribution < -0.4 is 0 Å².